The Balaban J connectivity index is 2.13. The number of rotatable bonds is 5. The highest BCUT2D eigenvalue weighted by Gasteiger charge is 2.17. The minimum absolute atomic E-state index is 0.343. The molecule has 0 spiro atoms. The first-order valence-corrected chi connectivity index (χ1v) is 6.97. The number of nitrogens with zero attached hydrogens (tertiary/aromatic N) is 1. The van der Waals surface area contributed by atoms with Crippen molar-refractivity contribution in [1.82, 2.24) is 0 Å². The summed E-state index contributed by atoms with van der Waals surface area (Å²) in [6.45, 7) is 0. The summed E-state index contributed by atoms with van der Waals surface area (Å²) in [7, 11) is 1.37. The second kappa shape index (κ2) is 7.60. The Morgan fingerprint density at radius 2 is 1.86 bits per heavy atom. The van der Waals surface area contributed by atoms with Gasteiger partial charge in [0, 0.05) is 17.7 Å². The van der Waals surface area contributed by atoms with E-state index in [0.717, 1.165) is 11.1 Å². The van der Waals surface area contributed by atoms with Gasteiger partial charge in [-0.3, -0.25) is 4.99 Å². The van der Waals surface area contributed by atoms with Crippen molar-refractivity contribution < 1.29 is 9.53 Å². The molecule has 0 N–H and O–H groups in total. The maximum absolute atomic E-state index is 11.8. The molecular formula is C17H16ClNO2. The van der Waals surface area contributed by atoms with Crippen LogP contribution < -0.4 is 0 Å². The van der Waals surface area contributed by atoms with Crippen molar-refractivity contribution in [2.45, 2.75) is 12.5 Å². The molecule has 0 unspecified atom stereocenters. The molecule has 0 amide bonds. The first-order valence-electron chi connectivity index (χ1n) is 6.59. The zero-order valence-electron chi connectivity index (χ0n) is 11.7. The van der Waals surface area contributed by atoms with Gasteiger partial charge in [-0.1, -0.05) is 54.1 Å². The van der Waals surface area contributed by atoms with Gasteiger partial charge in [0.2, 0.25) is 0 Å². The number of hydrogen-bond donors (Lipinski definition) is 0. The zero-order chi connectivity index (χ0) is 15.1. The summed E-state index contributed by atoms with van der Waals surface area (Å²) in [5.74, 6) is -0.343. The van der Waals surface area contributed by atoms with Crippen LogP contribution in [0.5, 0.6) is 0 Å². The Morgan fingerprint density at radius 3 is 2.48 bits per heavy atom. The molecule has 1 atom stereocenters. The number of ether oxygens (including phenoxy) is 1. The van der Waals surface area contributed by atoms with Crippen LogP contribution in [-0.4, -0.2) is 25.3 Å². The number of aliphatic imine (C=N–C) groups is 1. The van der Waals surface area contributed by atoms with Crippen LogP contribution in [0, 0.1) is 0 Å². The van der Waals surface area contributed by atoms with Gasteiger partial charge in [0.1, 0.15) is 0 Å². The molecule has 0 fully saturated rings. The third kappa shape index (κ3) is 4.72. The SMILES string of the molecule is COC(=O)[C@@H](Cc1ccccc1)N=Cc1ccc(Cl)cc1. The number of benzene rings is 2. The third-order valence-electron chi connectivity index (χ3n) is 3.02. The van der Waals surface area contributed by atoms with Crippen molar-refractivity contribution in [3.63, 3.8) is 0 Å². The fourth-order valence-electron chi connectivity index (χ4n) is 1.90. The molecule has 0 radical (unpaired) electrons. The molecule has 2 rings (SSSR count). The molecule has 0 bridgehead atoms. The highest BCUT2D eigenvalue weighted by atomic mass is 35.5. The molecule has 3 nitrogen and oxygen atoms in total. The van der Waals surface area contributed by atoms with Gasteiger partial charge >= 0.3 is 5.97 Å². The highest BCUT2D eigenvalue weighted by molar-refractivity contribution is 6.30. The first kappa shape index (κ1) is 15.3. The van der Waals surface area contributed by atoms with Crippen molar-refractivity contribution in [3.8, 4) is 0 Å². The summed E-state index contributed by atoms with van der Waals surface area (Å²) in [6, 6.07) is 16.5. The van der Waals surface area contributed by atoms with Crippen molar-refractivity contribution in [3.05, 3.63) is 70.7 Å². The van der Waals surface area contributed by atoms with Gasteiger partial charge in [0.05, 0.1) is 7.11 Å². The van der Waals surface area contributed by atoms with E-state index in [1.807, 2.05) is 42.5 Å². The van der Waals surface area contributed by atoms with E-state index in [1.54, 1.807) is 18.3 Å². The van der Waals surface area contributed by atoms with E-state index in [4.69, 9.17) is 16.3 Å². The summed E-state index contributed by atoms with van der Waals surface area (Å²) in [5.41, 5.74) is 1.93. The van der Waals surface area contributed by atoms with Crippen molar-refractivity contribution in [1.29, 1.82) is 0 Å². The van der Waals surface area contributed by atoms with Crippen molar-refractivity contribution in [2.24, 2.45) is 4.99 Å². The van der Waals surface area contributed by atoms with Crippen LogP contribution in [0.2, 0.25) is 5.02 Å². The summed E-state index contributed by atoms with van der Waals surface area (Å²) in [5, 5.41) is 0.668. The summed E-state index contributed by atoms with van der Waals surface area (Å²) in [4.78, 5) is 16.2. The lowest BCUT2D eigenvalue weighted by atomic mass is 10.1. The minimum atomic E-state index is -0.548. The Kier molecular flexibility index (Phi) is 5.52. The maximum Gasteiger partial charge on any atom is 0.330 e. The van der Waals surface area contributed by atoms with Crippen LogP contribution in [-0.2, 0) is 16.0 Å². The molecule has 0 aliphatic heterocycles. The predicted molar refractivity (Wildman–Crippen MR) is 85.0 cm³/mol. The molecule has 108 valence electrons. The zero-order valence-corrected chi connectivity index (χ0v) is 12.5. The number of hydrogen-bond acceptors (Lipinski definition) is 3. The van der Waals surface area contributed by atoms with Crippen molar-refractivity contribution >= 4 is 23.8 Å². The van der Waals surface area contributed by atoms with E-state index < -0.39 is 6.04 Å². The Morgan fingerprint density at radius 1 is 1.19 bits per heavy atom. The second-order valence-electron chi connectivity index (χ2n) is 4.56. The molecule has 2 aromatic rings. The third-order valence-corrected chi connectivity index (χ3v) is 3.27. The quantitative estimate of drug-likeness (QED) is 0.626. The largest absolute Gasteiger partial charge is 0.467 e. The molecular weight excluding hydrogens is 286 g/mol. The summed E-state index contributed by atoms with van der Waals surface area (Å²) in [6.07, 6.45) is 2.18. The van der Waals surface area contributed by atoms with Gasteiger partial charge in [0.15, 0.2) is 6.04 Å². The van der Waals surface area contributed by atoms with Gasteiger partial charge in [-0.05, 0) is 23.3 Å². The number of carbonyl (C=O) groups is 1. The van der Waals surface area contributed by atoms with Gasteiger partial charge < -0.3 is 4.74 Å². The van der Waals surface area contributed by atoms with Gasteiger partial charge in [-0.15, -0.1) is 0 Å². The average molecular weight is 302 g/mol. The van der Waals surface area contributed by atoms with Crippen LogP contribution in [0.3, 0.4) is 0 Å². The fourth-order valence-corrected chi connectivity index (χ4v) is 2.02. The first-order chi connectivity index (χ1) is 10.2. The maximum atomic E-state index is 11.8. The van der Waals surface area contributed by atoms with Gasteiger partial charge in [-0.2, -0.15) is 0 Å². The molecule has 0 aromatic heterocycles. The number of halogens is 1. The second-order valence-corrected chi connectivity index (χ2v) is 4.99. The van der Waals surface area contributed by atoms with E-state index in [-0.39, 0.29) is 5.97 Å². The fraction of sp³-hybridized carbons (Fsp3) is 0.176. The van der Waals surface area contributed by atoms with E-state index in [1.165, 1.54) is 7.11 Å². The molecule has 0 saturated heterocycles. The number of carbonyl (C=O) groups excluding carboxylic acids is 1. The average Bonchev–Trinajstić information content (AvgIpc) is 2.53. The molecule has 2 aromatic carbocycles. The molecule has 0 aliphatic carbocycles. The van der Waals surface area contributed by atoms with Crippen molar-refractivity contribution in [2.75, 3.05) is 7.11 Å². The summed E-state index contributed by atoms with van der Waals surface area (Å²) >= 11 is 5.84. The van der Waals surface area contributed by atoms with Crippen LogP contribution in [0.25, 0.3) is 0 Å². The topological polar surface area (TPSA) is 38.7 Å². The Hall–Kier alpha value is -2.13. The molecule has 0 aliphatic rings. The molecule has 0 saturated carbocycles. The molecule has 0 heterocycles. The molecule has 21 heavy (non-hydrogen) atoms. The lowest BCUT2D eigenvalue weighted by Crippen LogP contribution is -2.23. The molecule has 4 heteroatoms. The number of methoxy groups -OCH3 is 1. The van der Waals surface area contributed by atoms with Crippen LogP contribution in [0.15, 0.2) is 59.6 Å². The van der Waals surface area contributed by atoms with E-state index >= 15 is 0 Å². The normalized spacial score (nSPS) is 12.3. The van der Waals surface area contributed by atoms with Crippen LogP contribution >= 0.6 is 11.6 Å². The van der Waals surface area contributed by atoms with Gasteiger partial charge in [0.25, 0.3) is 0 Å². The lowest BCUT2D eigenvalue weighted by molar-refractivity contribution is -0.142. The monoisotopic (exact) mass is 301 g/mol. The predicted octanol–water partition coefficient (Wildman–Crippen LogP) is 3.54. The summed E-state index contributed by atoms with van der Waals surface area (Å²) < 4.78 is 4.82. The highest BCUT2D eigenvalue weighted by Crippen LogP contribution is 2.10. The van der Waals surface area contributed by atoms with Crippen LogP contribution in [0.4, 0.5) is 0 Å². The Bertz CT molecular complexity index is 608. The van der Waals surface area contributed by atoms with E-state index in [2.05, 4.69) is 4.99 Å². The number of esters is 1. The Labute approximate surface area is 129 Å². The smallest absolute Gasteiger partial charge is 0.330 e. The van der Waals surface area contributed by atoms with E-state index in [0.29, 0.717) is 11.4 Å². The lowest BCUT2D eigenvalue weighted by Gasteiger charge is -2.10. The van der Waals surface area contributed by atoms with Gasteiger partial charge in [-0.25, -0.2) is 4.79 Å². The minimum Gasteiger partial charge on any atom is -0.467 e. The van der Waals surface area contributed by atoms with E-state index in [9.17, 15) is 4.79 Å². The standard InChI is InChI=1S/C17H16ClNO2/c1-21-17(20)16(11-13-5-3-2-4-6-13)19-12-14-7-9-15(18)10-8-14/h2-10,12,16H,11H2,1H3/t16-/m1/s1. The van der Waals surface area contributed by atoms with Crippen LogP contribution in [0.1, 0.15) is 11.1 Å².